The summed E-state index contributed by atoms with van der Waals surface area (Å²) in [5.41, 5.74) is 0.806. The van der Waals surface area contributed by atoms with Crippen LogP contribution < -0.4 is 0 Å². The van der Waals surface area contributed by atoms with E-state index < -0.39 is 0 Å². The normalized spacial score (nSPS) is 26.8. The summed E-state index contributed by atoms with van der Waals surface area (Å²) >= 11 is 5.80. The predicted molar refractivity (Wildman–Crippen MR) is 42.0 cm³/mol. The molecule has 0 bridgehead atoms. The van der Waals surface area contributed by atoms with Gasteiger partial charge in [0.1, 0.15) is 6.29 Å². The summed E-state index contributed by atoms with van der Waals surface area (Å²) < 4.78 is 0. The summed E-state index contributed by atoms with van der Waals surface area (Å²) in [6.07, 6.45) is 3.76. The van der Waals surface area contributed by atoms with Crippen molar-refractivity contribution in [1.29, 1.82) is 0 Å². The van der Waals surface area contributed by atoms with Crippen molar-refractivity contribution in [3.8, 4) is 0 Å². The molecule has 0 fully saturated rings. The van der Waals surface area contributed by atoms with Crippen LogP contribution in [0.5, 0.6) is 0 Å². The summed E-state index contributed by atoms with van der Waals surface area (Å²) in [6, 6.07) is 0. The first-order valence-electron chi connectivity index (χ1n) is 3.56. The summed E-state index contributed by atoms with van der Waals surface area (Å²) in [6.45, 7) is 2.15. The monoisotopic (exact) mass is 158 g/mol. The minimum atomic E-state index is 0.627. The fourth-order valence-corrected chi connectivity index (χ4v) is 1.46. The van der Waals surface area contributed by atoms with Crippen LogP contribution in [0.25, 0.3) is 0 Å². The molecule has 0 aromatic carbocycles. The van der Waals surface area contributed by atoms with Crippen LogP contribution in [-0.4, -0.2) is 6.29 Å². The third kappa shape index (κ3) is 1.60. The second-order valence-electron chi connectivity index (χ2n) is 2.90. The molecule has 0 aromatic heterocycles. The molecule has 10 heavy (non-hydrogen) atoms. The van der Waals surface area contributed by atoms with E-state index >= 15 is 0 Å². The second kappa shape index (κ2) is 3.20. The Bertz CT molecular complexity index is 172. The first kappa shape index (κ1) is 7.80. The number of carbonyl (C=O) groups excluding carboxylic acids is 1. The largest absolute Gasteiger partial charge is 0.298 e. The Morgan fingerprint density at radius 1 is 1.70 bits per heavy atom. The zero-order chi connectivity index (χ0) is 7.56. The van der Waals surface area contributed by atoms with E-state index in [0.717, 1.165) is 36.2 Å². The average Bonchev–Trinajstić information content (AvgIpc) is 1.94. The van der Waals surface area contributed by atoms with E-state index in [0.29, 0.717) is 5.92 Å². The lowest BCUT2D eigenvalue weighted by Crippen LogP contribution is -2.05. The maximum absolute atomic E-state index is 10.4. The zero-order valence-corrected chi connectivity index (χ0v) is 6.82. The second-order valence-corrected chi connectivity index (χ2v) is 3.35. The molecular formula is C8H11ClO. The molecule has 2 heteroatoms. The third-order valence-electron chi connectivity index (χ3n) is 1.92. The highest BCUT2D eigenvalue weighted by atomic mass is 35.5. The van der Waals surface area contributed by atoms with Crippen molar-refractivity contribution in [2.24, 2.45) is 5.92 Å². The van der Waals surface area contributed by atoms with Crippen molar-refractivity contribution < 1.29 is 4.79 Å². The molecule has 0 aliphatic heterocycles. The Kier molecular flexibility index (Phi) is 2.50. The van der Waals surface area contributed by atoms with E-state index in [1.807, 2.05) is 0 Å². The molecule has 0 radical (unpaired) electrons. The van der Waals surface area contributed by atoms with Crippen molar-refractivity contribution in [3.05, 3.63) is 10.6 Å². The summed E-state index contributed by atoms with van der Waals surface area (Å²) in [5, 5.41) is 0.771. The highest BCUT2D eigenvalue weighted by molar-refractivity contribution is 6.31. The number of hydrogen-bond acceptors (Lipinski definition) is 1. The Hall–Kier alpha value is -0.300. The number of rotatable bonds is 1. The molecule has 56 valence electrons. The fraction of sp³-hybridized carbons (Fsp3) is 0.625. The van der Waals surface area contributed by atoms with E-state index in [-0.39, 0.29) is 0 Å². The summed E-state index contributed by atoms with van der Waals surface area (Å²) in [5.74, 6) is 0.627. The van der Waals surface area contributed by atoms with Gasteiger partial charge in [-0.2, -0.15) is 0 Å². The van der Waals surface area contributed by atoms with Crippen molar-refractivity contribution in [2.75, 3.05) is 0 Å². The topological polar surface area (TPSA) is 17.1 Å². The van der Waals surface area contributed by atoms with Gasteiger partial charge < -0.3 is 0 Å². The van der Waals surface area contributed by atoms with Crippen molar-refractivity contribution in [1.82, 2.24) is 0 Å². The minimum absolute atomic E-state index is 0.627. The van der Waals surface area contributed by atoms with Crippen LogP contribution in [0.1, 0.15) is 26.2 Å². The van der Waals surface area contributed by atoms with E-state index in [1.54, 1.807) is 0 Å². The van der Waals surface area contributed by atoms with Crippen LogP contribution in [0.15, 0.2) is 10.6 Å². The van der Waals surface area contributed by atoms with Crippen LogP contribution in [0.4, 0.5) is 0 Å². The third-order valence-corrected chi connectivity index (χ3v) is 2.35. The Labute approximate surface area is 66.1 Å². The molecule has 1 nitrogen and oxygen atoms in total. The molecule has 1 aliphatic carbocycles. The molecule has 1 aliphatic rings. The number of hydrogen-bond donors (Lipinski definition) is 0. The molecule has 0 saturated carbocycles. The average molecular weight is 159 g/mol. The molecule has 1 rings (SSSR count). The fourth-order valence-electron chi connectivity index (χ4n) is 1.23. The molecule has 0 spiro atoms. The van der Waals surface area contributed by atoms with Crippen LogP contribution >= 0.6 is 11.6 Å². The van der Waals surface area contributed by atoms with E-state index in [4.69, 9.17) is 11.6 Å². The van der Waals surface area contributed by atoms with Gasteiger partial charge >= 0.3 is 0 Å². The summed E-state index contributed by atoms with van der Waals surface area (Å²) in [4.78, 5) is 10.4. The number of allylic oxidation sites excluding steroid dienone is 2. The van der Waals surface area contributed by atoms with E-state index in [9.17, 15) is 4.79 Å². The van der Waals surface area contributed by atoms with Crippen LogP contribution in [-0.2, 0) is 4.79 Å². The lowest BCUT2D eigenvalue weighted by molar-refractivity contribution is -0.105. The van der Waals surface area contributed by atoms with Gasteiger partial charge in [0, 0.05) is 10.6 Å². The molecule has 0 heterocycles. The zero-order valence-electron chi connectivity index (χ0n) is 6.06. The highest BCUT2D eigenvalue weighted by Crippen LogP contribution is 2.29. The molecular weight excluding hydrogens is 148 g/mol. The van der Waals surface area contributed by atoms with Gasteiger partial charge in [0.15, 0.2) is 0 Å². The predicted octanol–water partition coefficient (Wildman–Crippen LogP) is 2.50. The number of aldehydes is 1. The highest BCUT2D eigenvalue weighted by Gasteiger charge is 2.15. The smallest absolute Gasteiger partial charge is 0.147 e. The molecule has 1 atom stereocenters. The lowest BCUT2D eigenvalue weighted by Gasteiger charge is -2.17. The Morgan fingerprint density at radius 2 is 2.40 bits per heavy atom. The minimum Gasteiger partial charge on any atom is -0.298 e. The van der Waals surface area contributed by atoms with Gasteiger partial charge in [-0.3, -0.25) is 4.79 Å². The molecule has 0 saturated heterocycles. The molecule has 0 aromatic rings. The van der Waals surface area contributed by atoms with Crippen molar-refractivity contribution in [2.45, 2.75) is 26.2 Å². The quantitative estimate of drug-likeness (QED) is 0.536. The lowest BCUT2D eigenvalue weighted by atomic mass is 9.91. The van der Waals surface area contributed by atoms with Gasteiger partial charge in [0.25, 0.3) is 0 Å². The van der Waals surface area contributed by atoms with Crippen molar-refractivity contribution >= 4 is 17.9 Å². The maximum atomic E-state index is 10.4. The molecule has 0 N–H and O–H groups in total. The SMILES string of the molecule is CC1CCC(Cl)=C(C=O)C1. The first-order valence-corrected chi connectivity index (χ1v) is 3.94. The van der Waals surface area contributed by atoms with Gasteiger partial charge in [-0.25, -0.2) is 0 Å². The van der Waals surface area contributed by atoms with E-state index in [2.05, 4.69) is 6.92 Å². The molecule has 1 unspecified atom stereocenters. The maximum Gasteiger partial charge on any atom is 0.147 e. The van der Waals surface area contributed by atoms with Crippen LogP contribution in [0, 0.1) is 5.92 Å². The Morgan fingerprint density at radius 3 is 2.90 bits per heavy atom. The van der Waals surface area contributed by atoms with Gasteiger partial charge in [-0.05, 0) is 25.2 Å². The van der Waals surface area contributed by atoms with Crippen LogP contribution in [0.3, 0.4) is 0 Å². The number of carbonyl (C=O) groups is 1. The van der Waals surface area contributed by atoms with Gasteiger partial charge in [-0.1, -0.05) is 18.5 Å². The van der Waals surface area contributed by atoms with Gasteiger partial charge in [0.05, 0.1) is 0 Å². The van der Waals surface area contributed by atoms with Gasteiger partial charge in [-0.15, -0.1) is 0 Å². The van der Waals surface area contributed by atoms with E-state index in [1.165, 1.54) is 0 Å². The standard InChI is InChI=1S/C8H11ClO/c1-6-2-3-8(9)7(4-6)5-10/h5-6H,2-4H2,1H3. The summed E-state index contributed by atoms with van der Waals surface area (Å²) in [7, 11) is 0. The van der Waals surface area contributed by atoms with Gasteiger partial charge in [0.2, 0.25) is 0 Å². The Balaban J connectivity index is 2.71. The molecule has 0 amide bonds. The number of halogens is 1. The van der Waals surface area contributed by atoms with Crippen molar-refractivity contribution in [3.63, 3.8) is 0 Å². The van der Waals surface area contributed by atoms with Crippen LogP contribution in [0.2, 0.25) is 0 Å². The first-order chi connectivity index (χ1) is 4.74.